The van der Waals surface area contributed by atoms with E-state index in [1.165, 1.54) is 11.3 Å². The van der Waals surface area contributed by atoms with E-state index >= 15 is 0 Å². The molecule has 0 aliphatic carbocycles. The maximum Gasteiger partial charge on any atom is 0.257 e. The molecule has 0 saturated carbocycles. The van der Waals surface area contributed by atoms with Gasteiger partial charge in [0.15, 0.2) is 0 Å². The van der Waals surface area contributed by atoms with E-state index in [0.29, 0.717) is 11.6 Å². The van der Waals surface area contributed by atoms with Crippen LogP contribution in [0.15, 0.2) is 67.0 Å². The first-order chi connectivity index (χ1) is 12.6. The van der Waals surface area contributed by atoms with E-state index in [2.05, 4.69) is 40.3 Å². The second-order valence-electron chi connectivity index (χ2n) is 6.81. The van der Waals surface area contributed by atoms with Crippen LogP contribution in [0.3, 0.4) is 0 Å². The van der Waals surface area contributed by atoms with Gasteiger partial charge in [-0.1, -0.05) is 30.3 Å². The molecular formula is C22H21N3O. The van der Waals surface area contributed by atoms with Gasteiger partial charge in [0.05, 0.1) is 17.4 Å². The quantitative estimate of drug-likeness (QED) is 0.748. The highest BCUT2D eigenvalue weighted by atomic mass is 16.1. The molecule has 2 heterocycles. The average molecular weight is 343 g/mol. The molecule has 1 aliphatic rings. The van der Waals surface area contributed by atoms with Gasteiger partial charge in [-0.25, -0.2) is 0 Å². The number of hydrogen-bond donors (Lipinski definition) is 1. The van der Waals surface area contributed by atoms with Gasteiger partial charge in [-0.05, 0) is 55.7 Å². The standard InChI is InChI=1S/C22H21N3O/c1-15-6-5-8-19(10-15)24-22(26)18-12-20(14-23-13-18)25-16(2)11-17-7-3-4-9-21(17)25/h3-10,12-14,16H,11H2,1-2H3,(H,24,26). The number of nitrogens with zero attached hydrogens (tertiary/aromatic N) is 2. The van der Waals surface area contributed by atoms with Gasteiger partial charge >= 0.3 is 0 Å². The van der Waals surface area contributed by atoms with E-state index < -0.39 is 0 Å². The lowest BCUT2D eigenvalue weighted by Crippen LogP contribution is -2.24. The summed E-state index contributed by atoms with van der Waals surface area (Å²) in [6, 6.07) is 18.4. The lowest BCUT2D eigenvalue weighted by Gasteiger charge is -2.25. The predicted molar refractivity (Wildman–Crippen MR) is 105 cm³/mol. The van der Waals surface area contributed by atoms with Crippen LogP contribution in [0.4, 0.5) is 17.1 Å². The minimum absolute atomic E-state index is 0.148. The summed E-state index contributed by atoms with van der Waals surface area (Å²) in [5.41, 5.74) is 5.92. The molecule has 4 nitrogen and oxygen atoms in total. The number of carbonyl (C=O) groups is 1. The Labute approximate surface area is 153 Å². The molecule has 0 fully saturated rings. The fourth-order valence-corrected chi connectivity index (χ4v) is 3.57. The Morgan fingerprint density at radius 3 is 2.81 bits per heavy atom. The number of hydrogen-bond acceptors (Lipinski definition) is 3. The second kappa shape index (κ2) is 6.64. The highest BCUT2D eigenvalue weighted by Gasteiger charge is 2.27. The van der Waals surface area contributed by atoms with Crippen molar-refractivity contribution in [3.63, 3.8) is 0 Å². The van der Waals surface area contributed by atoms with Crippen molar-refractivity contribution >= 4 is 23.0 Å². The third-order valence-electron chi connectivity index (χ3n) is 4.75. The van der Waals surface area contributed by atoms with Crippen LogP contribution in [-0.4, -0.2) is 16.9 Å². The molecule has 4 rings (SSSR count). The van der Waals surface area contributed by atoms with Crippen LogP contribution in [0.2, 0.25) is 0 Å². The number of benzene rings is 2. The fourth-order valence-electron chi connectivity index (χ4n) is 3.57. The van der Waals surface area contributed by atoms with Gasteiger partial charge in [0.2, 0.25) is 0 Å². The lowest BCUT2D eigenvalue weighted by molar-refractivity contribution is 0.102. The molecule has 0 saturated heterocycles. The van der Waals surface area contributed by atoms with Crippen LogP contribution < -0.4 is 10.2 Å². The third-order valence-corrected chi connectivity index (χ3v) is 4.75. The van der Waals surface area contributed by atoms with Gasteiger partial charge in [0.25, 0.3) is 5.91 Å². The number of carbonyl (C=O) groups excluding carboxylic acids is 1. The van der Waals surface area contributed by atoms with Crippen molar-refractivity contribution in [1.29, 1.82) is 0 Å². The van der Waals surface area contributed by atoms with Crippen LogP contribution in [0.5, 0.6) is 0 Å². The topological polar surface area (TPSA) is 45.2 Å². The van der Waals surface area contributed by atoms with Gasteiger partial charge < -0.3 is 10.2 Å². The van der Waals surface area contributed by atoms with Crippen LogP contribution in [0, 0.1) is 6.92 Å². The Hall–Kier alpha value is -3.14. The maximum atomic E-state index is 12.6. The van der Waals surface area contributed by atoms with Gasteiger partial charge in [0.1, 0.15) is 0 Å². The van der Waals surface area contributed by atoms with Crippen molar-refractivity contribution < 1.29 is 4.79 Å². The van der Waals surface area contributed by atoms with Crippen LogP contribution in [0.1, 0.15) is 28.4 Å². The minimum atomic E-state index is -0.148. The van der Waals surface area contributed by atoms with Crippen LogP contribution in [0.25, 0.3) is 0 Å². The molecule has 0 radical (unpaired) electrons. The first kappa shape index (κ1) is 16.3. The predicted octanol–water partition coefficient (Wildman–Crippen LogP) is 4.73. The molecule has 1 atom stereocenters. The Morgan fingerprint density at radius 1 is 1.12 bits per heavy atom. The molecule has 3 aromatic rings. The van der Waals surface area contributed by atoms with Crippen molar-refractivity contribution in [2.24, 2.45) is 0 Å². The van der Waals surface area contributed by atoms with Crippen molar-refractivity contribution in [1.82, 2.24) is 4.98 Å². The summed E-state index contributed by atoms with van der Waals surface area (Å²) >= 11 is 0. The van der Waals surface area contributed by atoms with Crippen LogP contribution >= 0.6 is 0 Å². The number of para-hydroxylation sites is 1. The highest BCUT2D eigenvalue weighted by molar-refractivity contribution is 6.04. The number of aryl methyl sites for hydroxylation is 1. The molecule has 1 aromatic heterocycles. The Balaban J connectivity index is 1.62. The summed E-state index contributed by atoms with van der Waals surface area (Å²) in [4.78, 5) is 19.2. The van der Waals surface area contributed by atoms with Crippen molar-refractivity contribution in [3.05, 3.63) is 83.7 Å². The number of nitrogens with one attached hydrogen (secondary N) is 1. The molecule has 0 bridgehead atoms. The number of rotatable bonds is 3. The molecule has 130 valence electrons. The number of aromatic nitrogens is 1. The molecule has 1 amide bonds. The molecule has 2 aromatic carbocycles. The van der Waals surface area contributed by atoms with Crippen molar-refractivity contribution in [2.75, 3.05) is 10.2 Å². The smallest absolute Gasteiger partial charge is 0.257 e. The third kappa shape index (κ3) is 3.06. The maximum absolute atomic E-state index is 12.6. The largest absolute Gasteiger partial charge is 0.337 e. The normalized spacial score (nSPS) is 15.6. The van der Waals surface area contributed by atoms with E-state index in [0.717, 1.165) is 23.4 Å². The molecule has 1 unspecified atom stereocenters. The Morgan fingerprint density at radius 2 is 1.96 bits per heavy atom. The second-order valence-corrected chi connectivity index (χ2v) is 6.81. The molecule has 1 aliphatic heterocycles. The average Bonchev–Trinajstić information content (AvgIpc) is 2.97. The summed E-state index contributed by atoms with van der Waals surface area (Å²) in [5, 5.41) is 2.95. The number of anilines is 3. The van der Waals surface area contributed by atoms with E-state index in [4.69, 9.17) is 0 Å². The summed E-state index contributed by atoms with van der Waals surface area (Å²) in [6.07, 6.45) is 4.43. The summed E-state index contributed by atoms with van der Waals surface area (Å²) in [6.45, 7) is 4.20. The van der Waals surface area contributed by atoms with E-state index in [1.807, 2.05) is 49.5 Å². The zero-order chi connectivity index (χ0) is 18.1. The number of amides is 1. The monoisotopic (exact) mass is 343 g/mol. The Bertz CT molecular complexity index is 967. The van der Waals surface area contributed by atoms with Gasteiger partial charge in [-0.3, -0.25) is 9.78 Å². The minimum Gasteiger partial charge on any atom is -0.337 e. The zero-order valence-electron chi connectivity index (χ0n) is 14.9. The number of fused-ring (bicyclic) bond motifs is 1. The molecule has 0 spiro atoms. The van der Waals surface area contributed by atoms with Gasteiger partial charge in [-0.2, -0.15) is 0 Å². The lowest BCUT2D eigenvalue weighted by atomic mass is 10.1. The number of pyridine rings is 1. The van der Waals surface area contributed by atoms with Gasteiger partial charge in [-0.15, -0.1) is 0 Å². The Kier molecular flexibility index (Phi) is 4.17. The molecule has 1 N–H and O–H groups in total. The summed E-state index contributed by atoms with van der Waals surface area (Å²) in [5.74, 6) is -0.148. The van der Waals surface area contributed by atoms with E-state index in [9.17, 15) is 4.79 Å². The van der Waals surface area contributed by atoms with Gasteiger partial charge in [0, 0.05) is 23.6 Å². The highest BCUT2D eigenvalue weighted by Crippen LogP contribution is 2.37. The molecule has 4 heteroatoms. The van der Waals surface area contributed by atoms with E-state index in [1.54, 1.807) is 6.20 Å². The summed E-state index contributed by atoms with van der Waals surface area (Å²) < 4.78 is 0. The fraction of sp³-hybridized carbons (Fsp3) is 0.182. The first-order valence-corrected chi connectivity index (χ1v) is 8.82. The van der Waals surface area contributed by atoms with E-state index in [-0.39, 0.29) is 5.91 Å². The summed E-state index contributed by atoms with van der Waals surface area (Å²) in [7, 11) is 0. The first-order valence-electron chi connectivity index (χ1n) is 8.82. The van der Waals surface area contributed by atoms with Crippen molar-refractivity contribution in [2.45, 2.75) is 26.3 Å². The zero-order valence-corrected chi connectivity index (χ0v) is 14.9. The SMILES string of the molecule is Cc1cccc(NC(=O)c2cncc(N3c4ccccc4CC3C)c2)c1. The molecular weight excluding hydrogens is 322 g/mol. The molecule has 26 heavy (non-hydrogen) atoms. The van der Waals surface area contributed by atoms with Crippen molar-refractivity contribution in [3.8, 4) is 0 Å². The van der Waals surface area contributed by atoms with Crippen LogP contribution in [-0.2, 0) is 6.42 Å².